The van der Waals surface area contributed by atoms with E-state index in [2.05, 4.69) is 10.6 Å². The quantitative estimate of drug-likeness (QED) is 0.762. The first-order chi connectivity index (χ1) is 8.84. The second-order valence-electron chi connectivity index (χ2n) is 4.48. The molecule has 5 heteroatoms. The minimum absolute atomic E-state index is 0.0716. The van der Waals surface area contributed by atoms with E-state index in [4.69, 9.17) is 4.74 Å². The Bertz CT molecular complexity index is 348. The SMILES string of the molecule is O=C(Cc1ccsc1)NCCOC1CCNCC1. The molecule has 1 aromatic rings. The monoisotopic (exact) mass is 268 g/mol. The van der Waals surface area contributed by atoms with Crippen molar-refractivity contribution in [3.8, 4) is 0 Å². The molecule has 18 heavy (non-hydrogen) atoms. The molecule has 0 radical (unpaired) electrons. The molecule has 1 fully saturated rings. The number of piperidine rings is 1. The molecule has 0 aromatic carbocycles. The van der Waals surface area contributed by atoms with Crippen molar-refractivity contribution in [3.05, 3.63) is 22.4 Å². The maximum absolute atomic E-state index is 11.6. The van der Waals surface area contributed by atoms with Crippen LogP contribution >= 0.6 is 11.3 Å². The second kappa shape index (κ2) is 7.51. The third-order valence-electron chi connectivity index (χ3n) is 3.01. The van der Waals surface area contributed by atoms with Gasteiger partial charge in [0, 0.05) is 6.54 Å². The molecule has 0 bridgehead atoms. The molecular weight excluding hydrogens is 248 g/mol. The van der Waals surface area contributed by atoms with Gasteiger partial charge >= 0.3 is 0 Å². The number of hydrogen-bond acceptors (Lipinski definition) is 4. The van der Waals surface area contributed by atoms with E-state index in [1.165, 1.54) is 0 Å². The lowest BCUT2D eigenvalue weighted by atomic mass is 10.1. The maximum Gasteiger partial charge on any atom is 0.224 e. The summed E-state index contributed by atoms with van der Waals surface area (Å²) in [5, 5.41) is 10.2. The van der Waals surface area contributed by atoms with Crippen LogP contribution in [0, 0.1) is 0 Å². The number of thiophene rings is 1. The van der Waals surface area contributed by atoms with Crippen LogP contribution in [0.3, 0.4) is 0 Å². The molecule has 1 saturated heterocycles. The summed E-state index contributed by atoms with van der Waals surface area (Å²) in [5.74, 6) is 0.0716. The highest BCUT2D eigenvalue weighted by molar-refractivity contribution is 7.07. The van der Waals surface area contributed by atoms with Crippen molar-refractivity contribution in [2.24, 2.45) is 0 Å². The molecule has 0 saturated carbocycles. The van der Waals surface area contributed by atoms with Crippen LogP contribution in [0.25, 0.3) is 0 Å². The fourth-order valence-electron chi connectivity index (χ4n) is 2.02. The van der Waals surface area contributed by atoms with E-state index in [1.807, 2.05) is 16.8 Å². The van der Waals surface area contributed by atoms with Crippen molar-refractivity contribution >= 4 is 17.2 Å². The third kappa shape index (κ3) is 4.76. The molecule has 4 nitrogen and oxygen atoms in total. The molecular formula is C13H20N2O2S. The summed E-state index contributed by atoms with van der Waals surface area (Å²) in [5.41, 5.74) is 1.08. The van der Waals surface area contributed by atoms with Crippen molar-refractivity contribution in [1.29, 1.82) is 0 Å². The van der Waals surface area contributed by atoms with Gasteiger partial charge in [-0.1, -0.05) is 0 Å². The van der Waals surface area contributed by atoms with Crippen molar-refractivity contribution < 1.29 is 9.53 Å². The molecule has 0 spiro atoms. The average Bonchev–Trinajstić information content (AvgIpc) is 2.89. The van der Waals surface area contributed by atoms with Crippen molar-refractivity contribution in [2.45, 2.75) is 25.4 Å². The highest BCUT2D eigenvalue weighted by Crippen LogP contribution is 2.07. The predicted molar refractivity (Wildman–Crippen MR) is 72.9 cm³/mol. The van der Waals surface area contributed by atoms with E-state index in [-0.39, 0.29) is 5.91 Å². The Hall–Kier alpha value is -0.910. The van der Waals surface area contributed by atoms with Crippen LogP contribution in [0.5, 0.6) is 0 Å². The number of nitrogens with one attached hydrogen (secondary N) is 2. The van der Waals surface area contributed by atoms with Crippen LogP contribution < -0.4 is 10.6 Å². The number of rotatable bonds is 6. The predicted octanol–water partition coefficient (Wildman–Crippen LogP) is 1.18. The van der Waals surface area contributed by atoms with Gasteiger partial charge in [0.15, 0.2) is 0 Å². The molecule has 1 aliphatic heterocycles. The Labute approximate surface area is 112 Å². The fourth-order valence-corrected chi connectivity index (χ4v) is 2.69. The van der Waals surface area contributed by atoms with Gasteiger partial charge < -0.3 is 15.4 Å². The summed E-state index contributed by atoms with van der Waals surface area (Å²) in [6.45, 7) is 3.29. The van der Waals surface area contributed by atoms with E-state index in [9.17, 15) is 4.79 Å². The summed E-state index contributed by atoms with van der Waals surface area (Å²) in [6.07, 6.45) is 2.97. The van der Waals surface area contributed by atoms with E-state index in [1.54, 1.807) is 11.3 Å². The summed E-state index contributed by atoms with van der Waals surface area (Å²) in [6, 6.07) is 1.98. The van der Waals surface area contributed by atoms with Gasteiger partial charge in [0.2, 0.25) is 5.91 Å². The van der Waals surface area contributed by atoms with Crippen LogP contribution in [0.15, 0.2) is 16.8 Å². The van der Waals surface area contributed by atoms with Gasteiger partial charge in [-0.15, -0.1) is 0 Å². The lowest BCUT2D eigenvalue weighted by molar-refractivity contribution is -0.120. The van der Waals surface area contributed by atoms with Gasteiger partial charge in [0.25, 0.3) is 0 Å². The first kappa shape index (κ1) is 13.5. The first-order valence-electron chi connectivity index (χ1n) is 6.44. The Kier molecular flexibility index (Phi) is 5.64. The molecule has 2 heterocycles. The van der Waals surface area contributed by atoms with E-state index in [0.717, 1.165) is 31.5 Å². The molecule has 1 aliphatic rings. The lowest BCUT2D eigenvalue weighted by Crippen LogP contribution is -2.35. The summed E-state index contributed by atoms with van der Waals surface area (Å²) >= 11 is 1.62. The zero-order valence-corrected chi connectivity index (χ0v) is 11.3. The van der Waals surface area contributed by atoms with Crippen molar-refractivity contribution in [2.75, 3.05) is 26.2 Å². The van der Waals surface area contributed by atoms with Crippen LogP contribution in [-0.4, -0.2) is 38.3 Å². The summed E-state index contributed by atoms with van der Waals surface area (Å²) < 4.78 is 5.72. The minimum Gasteiger partial charge on any atom is -0.376 e. The molecule has 100 valence electrons. The normalized spacial score (nSPS) is 16.7. The number of carbonyl (C=O) groups is 1. The first-order valence-corrected chi connectivity index (χ1v) is 7.39. The van der Waals surface area contributed by atoms with Crippen LogP contribution in [0.1, 0.15) is 18.4 Å². The number of hydrogen-bond donors (Lipinski definition) is 2. The van der Waals surface area contributed by atoms with Gasteiger partial charge in [0.1, 0.15) is 0 Å². The van der Waals surface area contributed by atoms with Gasteiger partial charge in [0.05, 0.1) is 19.1 Å². The zero-order valence-electron chi connectivity index (χ0n) is 10.5. The summed E-state index contributed by atoms with van der Waals surface area (Å²) in [7, 11) is 0. The average molecular weight is 268 g/mol. The molecule has 2 N–H and O–H groups in total. The Morgan fingerprint density at radius 1 is 1.50 bits per heavy atom. The highest BCUT2D eigenvalue weighted by Gasteiger charge is 2.12. The summed E-state index contributed by atoms with van der Waals surface area (Å²) in [4.78, 5) is 11.6. The fraction of sp³-hybridized carbons (Fsp3) is 0.615. The molecule has 0 aliphatic carbocycles. The lowest BCUT2D eigenvalue weighted by Gasteiger charge is -2.22. The molecule has 2 rings (SSSR count). The van der Waals surface area contributed by atoms with E-state index in [0.29, 0.717) is 25.7 Å². The van der Waals surface area contributed by atoms with E-state index < -0.39 is 0 Å². The van der Waals surface area contributed by atoms with Gasteiger partial charge in [-0.3, -0.25) is 4.79 Å². The highest BCUT2D eigenvalue weighted by atomic mass is 32.1. The molecule has 0 unspecified atom stereocenters. The number of amides is 1. The minimum atomic E-state index is 0.0716. The molecule has 0 atom stereocenters. The van der Waals surface area contributed by atoms with E-state index >= 15 is 0 Å². The third-order valence-corrected chi connectivity index (χ3v) is 3.74. The zero-order chi connectivity index (χ0) is 12.6. The Balaban J connectivity index is 1.53. The maximum atomic E-state index is 11.6. The van der Waals surface area contributed by atoms with Crippen molar-refractivity contribution in [3.63, 3.8) is 0 Å². The van der Waals surface area contributed by atoms with Crippen LogP contribution in [-0.2, 0) is 16.0 Å². The largest absolute Gasteiger partial charge is 0.376 e. The topological polar surface area (TPSA) is 50.4 Å². The van der Waals surface area contributed by atoms with Gasteiger partial charge in [-0.05, 0) is 48.3 Å². The van der Waals surface area contributed by atoms with Crippen molar-refractivity contribution in [1.82, 2.24) is 10.6 Å². The standard InChI is InChI=1S/C13H20N2O2S/c16-13(9-11-3-8-18-10-11)15-6-7-17-12-1-4-14-5-2-12/h3,8,10,12,14H,1-2,4-7,9H2,(H,15,16). The number of carbonyl (C=O) groups excluding carboxylic acids is 1. The van der Waals surface area contributed by atoms with Crippen LogP contribution in [0.4, 0.5) is 0 Å². The van der Waals surface area contributed by atoms with Gasteiger partial charge in [-0.25, -0.2) is 0 Å². The molecule has 1 aromatic heterocycles. The Morgan fingerprint density at radius 2 is 2.33 bits per heavy atom. The van der Waals surface area contributed by atoms with Gasteiger partial charge in [-0.2, -0.15) is 11.3 Å². The number of ether oxygens (including phenoxy) is 1. The Morgan fingerprint density at radius 3 is 3.06 bits per heavy atom. The smallest absolute Gasteiger partial charge is 0.224 e. The molecule has 1 amide bonds. The second-order valence-corrected chi connectivity index (χ2v) is 5.26. The van der Waals surface area contributed by atoms with Crippen LogP contribution in [0.2, 0.25) is 0 Å².